The lowest BCUT2D eigenvalue weighted by molar-refractivity contribution is -0.111. The van der Waals surface area contributed by atoms with Crippen molar-refractivity contribution in [1.29, 1.82) is 0 Å². The SMILES string of the molecule is CCc1cc(=O)[nH]c(-n2nc(-c3ccco3)cc2NC(=O)/C=C\c2ccc(OC)c(OC)c2)n1. The molecule has 0 unspecified atom stereocenters. The van der Waals surface area contributed by atoms with E-state index in [1.807, 2.05) is 6.92 Å². The van der Waals surface area contributed by atoms with E-state index in [9.17, 15) is 9.59 Å². The Balaban J connectivity index is 1.64. The summed E-state index contributed by atoms with van der Waals surface area (Å²) in [5.74, 6) is 1.73. The minimum Gasteiger partial charge on any atom is -0.493 e. The zero-order valence-corrected chi connectivity index (χ0v) is 18.9. The van der Waals surface area contributed by atoms with Gasteiger partial charge in [-0.3, -0.25) is 14.6 Å². The minimum atomic E-state index is -0.407. The maximum Gasteiger partial charge on any atom is 0.252 e. The van der Waals surface area contributed by atoms with Crippen LogP contribution in [0.1, 0.15) is 18.2 Å². The molecular formula is C24H23N5O5. The van der Waals surface area contributed by atoms with Gasteiger partial charge in [-0.2, -0.15) is 9.78 Å². The van der Waals surface area contributed by atoms with Crippen LogP contribution < -0.4 is 20.3 Å². The van der Waals surface area contributed by atoms with E-state index in [1.54, 1.807) is 56.7 Å². The Labute approximate surface area is 194 Å². The third kappa shape index (κ3) is 4.90. The van der Waals surface area contributed by atoms with E-state index in [-0.39, 0.29) is 11.5 Å². The molecule has 0 bridgehead atoms. The highest BCUT2D eigenvalue weighted by molar-refractivity contribution is 6.01. The standard InChI is InChI=1S/C24H23N5O5/c1-4-16-13-23(31)27-24(25-16)29-21(14-17(28-29)18-6-5-11-34-18)26-22(30)10-8-15-7-9-19(32-2)20(12-15)33-3/h5-14H,4H2,1-3H3,(H,26,30)(H,25,27,31)/b10-8-. The number of H-pyrrole nitrogens is 1. The summed E-state index contributed by atoms with van der Waals surface area (Å²) in [5.41, 5.74) is 1.50. The molecule has 0 saturated carbocycles. The smallest absolute Gasteiger partial charge is 0.252 e. The predicted octanol–water partition coefficient (Wildman–Crippen LogP) is 3.45. The van der Waals surface area contributed by atoms with Gasteiger partial charge in [-0.15, -0.1) is 0 Å². The number of aromatic nitrogens is 4. The molecule has 0 atom stereocenters. The number of nitrogens with zero attached hydrogens (tertiary/aromatic N) is 3. The first kappa shape index (κ1) is 22.6. The van der Waals surface area contributed by atoms with Crippen molar-refractivity contribution in [1.82, 2.24) is 19.7 Å². The van der Waals surface area contributed by atoms with Crippen molar-refractivity contribution >= 4 is 17.8 Å². The third-order valence-corrected chi connectivity index (χ3v) is 4.91. The number of ether oxygens (including phenoxy) is 2. The average Bonchev–Trinajstić information content (AvgIpc) is 3.52. The fourth-order valence-corrected chi connectivity index (χ4v) is 3.25. The first-order valence-corrected chi connectivity index (χ1v) is 10.5. The van der Waals surface area contributed by atoms with E-state index in [0.29, 0.717) is 40.9 Å². The highest BCUT2D eigenvalue weighted by Gasteiger charge is 2.16. The molecule has 3 aromatic heterocycles. The summed E-state index contributed by atoms with van der Waals surface area (Å²) in [6.45, 7) is 1.89. The number of aromatic amines is 1. The molecule has 1 amide bonds. The molecule has 34 heavy (non-hydrogen) atoms. The van der Waals surface area contributed by atoms with E-state index in [1.165, 1.54) is 23.1 Å². The summed E-state index contributed by atoms with van der Waals surface area (Å²) in [4.78, 5) is 31.9. The van der Waals surface area contributed by atoms with E-state index < -0.39 is 5.91 Å². The lowest BCUT2D eigenvalue weighted by Gasteiger charge is -2.08. The molecule has 0 fully saturated rings. The maximum absolute atomic E-state index is 12.7. The molecule has 0 spiro atoms. The second-order valence-electron chi connectivity index (χ2n) is 7.15. The molecule has 0 aliphatic rings. The van der Waals surface area contributed by atoms with Gasteiger partial charge in [-0.05, 0) is 42.3 Å². The molecule has 0 aliphatic carbocycles. The molecule has 3 heterocycles. The van der Waals surface area contributed by atoms with Crippen LogP contribution in [0.15, 0.2) is 64.0 Å². The number of carbonyl (C=O) groups is 1. The van der Waals surface area contributed by atoms with E-state index >= 15 is 0 Å². The summed E-state index contributed by atoms with van der Waals surface area (Å²) in [5, 5.41) is 7.26. The van der Waals surface area contributed by atoms with Crippen molar-refractivity contribution < 1.29 is 18.7 Å². The van der Waals surface area contributed by atoms with Crippen LogP contribution >= 0.6 is 0 Å². The summed E-state index contributed by atoms with van der Waals surface area (Å²) in [6.07, 6.45) is 5.11. The van der Waals surface area contributed by atoms with Crippen LogP contribution in [0, 0.1) is 0 Å². The fourth-order valence-electron chi connectivity index (χ4n) is 3.25. The fraction of sp³-hybridized carbons (Fsp3) is 0.167. The number of amides is 1. The van der Waals surface area contributed by atoms with Crippen molar-refractivity contribution in [2.24, 2.45) is 0 Å². The topological polar surface area (TPSA) is 124 Å². The van der Waals surface area contributed by atoms with Crippen molar-refractivity contribution in [2.75, 3.05) is 19.5 Å². The number of furan rings is 1. The van der Waals surface area contributed by atoms with Gasteiger partial charge in [0.15, 0.2) is 17.3 Å². The quantitative estimate of drug-likeness (QED) is 0.385. The molecular weight excluding hydrogens is 438 g/mol. The Morgan fingerprint density at radius 2 is 2.00 bits per heavy atom. The number of anilines is 1. The molecule has 4 rings (SSSR count). The lowest BCUT2D eigenvalue weighted by atomic mass is 10.2. The largest absolute Gasteiger partial charge is 0.493 e. The molecule has 0 saturated heterocycles. The normalized spacial score (nSPS) is 11.0. The van der Waals surface area contributed by atoms with Gasteiger partial charge >= 0.3 is 0 Å². The molecule has 0 aliphatic heterocycles. The highest BCUT2D eigenvalue weighted by Crippen LogP contribution is 2.28. The average molecular weight is 461 g/mol. The van der Waals surface area contributed by atoms with Crippen molar-refractivity contribution in [3.63, 3.8) is 0 Å². The lowest BCUT2D eigenvalue weighted by Crippen LogP contribution is -2.18. The van der Waals surface area contributed by atoms with E-state index in [2.05, 4.69) is 20.4 Å². The Morgan fingerprint density at radius 3 is 2.71 bits per heavy atom. The number of carbonyl (C=O) groups excluding carboxylic acids is 1. The van der Waals surface area contributed by atoms with Crippen LogP contribution in [0.5, 0.6) is 11.5 Å². The molecule has 10 nitrogen and oxygen atoms in total. The summed E-state index contributed by atoms with van der Waals surface area (Å²) < 4.78 is 17.3. The summed E-state index contributed by atoms with van der Waals surface area (Å²) in [7, 11) is 3.10. The number of methoxy groups -OCH3 is 2. The van der Waals surface area contributed by atoms with Crippen LogP contribution in [0.2, 0.25) is 0 Å². The number of hydrogen-bond donors (Lipinski definition) is 2. The Bertz CT molecular complexity index is 1390. The molecule has 1 aromatic carbocycles. The zero-order valence-electron chi connectivity index (χ0n) is 18.9. The number of nitrogens with one attached hydrogen (secondary N) is 2. The van der Waals surface area contributed by atoms with Gasteiger partial charge in [-0.25, -0.2) is 4.98 Å². The minimum absolute atomic E-state index is 0.182. The first-order valence-electron chi connectivity index (χ1n) is 10.5. The van der Waals surface area contributed by atoms with Crippen LogP contribution in [0.25, 0.3) is 23.5 Å². The van der Waals surface area contributed by atoms with Crippen LogP contribution in [-0.2, 0) is 11.2 Å². The molecule has 174 valence electrons. The van der Waals surface area contributed by atoms with Gasteiger partial charge in [0.05, 0.1) is 20.5 Å². The summed E-state index contributed by atoms with van der Waals surface area (Å²) in [6, 6.07) is 11.8. The van der Waals surface area contributed by atoms with Gasteiger partial charge < -0.3 is 19.2 Å². The third-order valence-electron chi connectivity index (χ3n) is 4.91. The molecule has 2 N–H and O–H groups in total. The van der Waals surface area contributed by atoms with Gasteiger partial charge in [-0.1, -0.05) is 13.0 Å². The van der Waals surface area contributed by atoms with Gasteiger partial charge in [0.1, 0.15) is 11.5 Å². The van der Waals surface area contributed by atoms with Crippen molar-refractivity contribution in [2.45, 2.75) is 13.3 Å². The van der Waals surface area contributed by atoms with Crippen LogP contribution in [-0.4, -0.2) is 39.9 Å². The first-order chi connectivity index (χ1) is 16.5. The Kier molecular flexibility index (Phi) is 6.58. The highest BCUT2D eigenvalue weighted by atomic mass is 16.5. The van der Waals surface area contributed by atoms with E-state index in [0.717, 1.165) is 5.56 Å². The predicted molar refractivity (Wildman–Crippen MR) is 126 cm³/mol. The van der Waals surface area contributed by atoms with Gasteiger partial charge in [0.25, 0.3) is 5.56 Å². The Hall–Kier alpha value is -4.60. The molecule has 0 radical (unpaired) electrons. The number of rotatable bonds is 8. The zero-order chi connectivity index (χ0) is 24.1. The number of hydrogen-bond acceptors (Lipinski definition) is 7. The number of aryl methyl sites for hydroxylation is 1. The van der Waals surface area contributed by atoms with Crippen LogP contribution in [0.4, 0.5) is 5.82 Å². The monoisotopic (exact) mass is 461 g/mol. The van der Waals surface area contributed by atoms with Crippen molar-refractivity contribution in [3.8, 4) is 28.9 Å². The molecule has 4 aromatic rings. The second kappa shape index (κ2) is 9.90. The van der Waals surface area contributed by atoms with Gasteiger partial charge in [0.2, 0.25) is 11.9 Å². The van der Waals surface area contributed by atoms with Gasteiger partial charge in [0, 0.05) is 23.9 Å². The van der Waals surface area contributed by atoms with E-state index in [4.69, 9.17) is 13.9 Å². The summed E-state index contributed by atoms with van der Waals surface area (Å²) >= 11 is 0. The van der Waals surface area contributed by atoms with Crippen molar-refractivity contribution in [3.05, 3.63) is 76.4 Å². The maximum atomic E-state index is 12.7. The Morgan fingerprint density at radius 1 is 1.18 bits per heavy atom. The second-order valence-corrected chi connectivity index (χ2v) is 7.15. The molecule has 10 heteroatoms. The van der Waals surface area contributed by atoms with Crippen LogP contribution in [0.3, 0.4) is 0 Å². The number of benzene rings is 1.